The number of amides is 1. The molecule has 2 aromatic carbocycles. The minimum absolute atomic E-state index is 0.124. The van der Waals surface area contributed by atoms with Crippen LogP contribution in [-0.2, 0) is 11.2 Å². The van der Waals surface area contributed by atoms with Gasteiger partial charge in [-0.2, -0.15) is 5.10 Å². The maximum absolute atomic E-state index is 12.5. The zero-order chi connectivity index (χ0) is 22.0. The number of fused-ring (bicyclic) bond motifs is 1. The maximum Gasteiger partial charge on any atom is 0.262 e. The van der Waals surface area contributed by atoms with Crippen LogP contribution in [0.15, 0.2) is 53.5 Å². The number of benzene rings is 2. The molecule has 9 heteroatoms. The molecule has 31 heavy (non-hydrogen) atoms. The number of methoxy groups -OCH3 is 1. The molecular formula is C22H20ClN5O3. The number of aromatic amines is 1. The second-order valence-electron chi connectivity index (χ2n) is 6.99. The van der Waals surface area contributed by atoms with E-state index in [0.29, 0.717) is 33.3 Å². The monoisotopic (exact) mass is 437 g/mol. The second kappa shape index (κ2) is 8.61. The van der Waals surface area contributed by atoms with Crippen molar-refractivity contribution in [3.8, 4) is 11.4 Å². The predicted molar refractivity (Wildman–Crippen MR) is 119 cm³/mol. The normalized spacial score (nSPS) is 10.9. The number of H-pyrrole nitrogens is 1. The summed E-state index contributed by atoms with van der Waals surface area (Å²) >= 11 is 6.11. The predicted octanol–water partition coefficient (Wildman–Crippen LogP) is 3.65. The third-order valence-corrected chi connectivity index (χ3v) is 5.24. The molecule has 0 unspecified atom stereocenters. The van der Waals surface area contributed by atoms with Gasteiger partial charge >= 0.3 is 0 Å². The van der Waals surface area contributed by atoms with Crippen molar-refractivity contribution in [2.24, 2.45) is 0 Å². The Morgan fingerprint density at radius 1 is 1.26 bits per heavy atom. The summed E-state index contributed by atoms with van der Waals surface area (Å²) < 4.78 is 6.89. The molecule has 0 aliphatic carbocycles. The zero-order valence-electron chi connectivity index (χ0n) is 17.0. The number of carbonyl (C=O) groups excluding carboxylic acids is 1. The van der Waals surface area contributed by atoms with Gasteiger partial charge in [0.15, 0.2) is 5.65 Å². The Morgan fingerprint density at radius 2 is 2.03 bits per heavy atom. The highest BCUT2D eigenvalue weighted by molar-refractivity contribution is 6.31. The van der Waals surface area contributed by atoms with Gasteiger partial charge in [-0.25, -0.2) is 9.67 Å². The number of anilines is 1. The van der Waals surface area contributed by atoms with Crippen LogP contribution in [0.2, 0.25) is 5.02 Å². The van der Waals surface area contributed by atoms with Crippen LogP contribution >= 0.6 is 11.6 Å². The fourth-order valence-corrected chi connectivity index (χ4v) is 3.37. The minimum atomic E-state index is -0.294. The molecule has 0 saturated carbocycles. The number of nitrogens with zero attached hydrogens (tertiary/aromatic N) is 3. The van der Waals surface area contributed by atoms with Gasteiger partial charge in [0.2, 0.25) is 5.91 Å². The lowest BCUT2D eigenvalue weighted by Gasteiger charge is -2.12. The highest BCUT2D eigenvalue weighted by Crippen LogP contribution is 2.31. The van der Waals surface area contributed by atoms with Crippen molar-refractivity contribution in [2.45, 2.75) is 19.8 Å². The first-order chi connectivity index (χ1) is 15.0. The molecule has 2 heterocycles. The van der Waals surface area contributed by atoms with Crippen molar-refractivity contribution >= 4 is 34.2 Å². The van der Waals surface area contributed by atoms with E-state index in [1.54, 1.807) is 16.8 Å². The van der Waals surface area contributed by atoms with Crippen LogP contribution in [0.1, 0.15) is 17.8 Å². The molecular weight excluding hydrogens is 418 g/mol. The Hall–Kier alpha value is -3.65. The van der Waals surface area contributed by atoms with Gasteiger partial charge in [0.1, 0.15) is 17.0 Å². The van der Waals surface area contributed by atoms with Crippen LogP contribution in [0, 0.1) is 6.92 Å². The van der Waals surface area contributed by atoms with Crippen LogP contribution in [-0.4, -0.2) is 32.8 Å². The highest BCUT2D eigenvalue weighted by Gasteiger charge is 2.14. The quantitative estimate of drug-likeness (QED) is 0.479. The number of carbonyl (C=O) groups is 1. The molecule has 8 nitrogen and oxygen atoms in total. The van der Waals surface area contributed by atoms with E-state index in [0.717, 1.165) is 11.3 Å². The van der Waals surface area contributed by atoms with Crippen LogP contribution in [0.3, 0.4) is 0 Å². The molecule has 0 radical (unpaired) electrons. The van der Waals surface area contributed by atoms with E-state index in [-0.39, 0.29) is 24.3 Å². The Morgan fingerprint density at radius 3 is 2.77 bits per heavy atom. The summed E-state index contributed by atoms with van der Waals surface area (Å²) in [5, 5.41) is 8.05. The van der Waals surface area contributed by atoms with Gasteiger partial charge in [0.25, 0.3) is 5.56 Å². The number of aryl methyl sites for hydroxylation is 2. The molecule has 0 spiro atoms. The van der Waals surface area contributed by atoms with E-state index in [2.05, 4.69) is 20.4 Å². The maximum atomic E-state index is 12.5. The molecule has 4 rings (SSSR count). The van der Waals surface area contributed by atoms with E-state index in [9.17, 15) is 9.59 Å². The van der Waals surface area contributed by atoms with Gasteiger partial charge in [-0.05, 0) is 30.7 Å². The number of nitrogens with one attached hydrogen (secondary N) is 2. The summed E-state index contributed by atoms with van der Waals surface area (Å²) in [7, 11) is 1.51. The van der Waals surface area contributed by atoms with Crippen LogP contribution in [0.5, 0.6) is 5.75 Å². The second-order valence-corrected chi connectivity index (χ2v) is 7.40. The van der Waals surface area contributed by atoms with Crippen molar-refractivity contribution in [3.63, 3.8) is 0 Å². The summed E-state index contributed by atoms with van der Waals surface area (Å²) in [6, 6.07) is 12.8. The Balaban J connectivity index is 1.54. The molecule has 0 bridgehead atoms. The van der Waals surface area contributed by atoms with Crippen LogP contribution in [0.4, 0.5) is 5.69 Å². The van der Waals surface area contributed by atoms with Crippen molar-refractivity contribution in [2.75, 3.05) is 12.4 Å². The molecule has 158 valence electrons. The van der Waals surface area contributed by atoms with Crippen molar-refractivity contribution in [1.29, 1.82) is 0 Å². The molecule has 0 fully saturated rings. The lowest BCUT2D eigenvalue weighted by Crippen LogP contribution is -2.17. The van der Waals surface area contributed by atoms with Crippen molar-refractivity contribution < 1.29 is 9.53 Å². The van der Waals surface area contributed by atoms with Gasteiger partial charge in [-0.15, -0.1) is 0 Å². The number of halogens is 1. The fraction of sp³-hybridized carbons (Fsp3) is 0.182. The molecule has 0 aliphatic rings. The zero-order valence-corrected chi connectivity index (χ0v) is 17.7. The third kappa shape index (κ3) is 4.29. The molecule has 4 aromatic rings. The van der Waals surface area contributed by atoms with Gasteiger partial charge in [0, 0.05) is 23.9 Å². The van der Waals surface area contributed by atoms with E-state index in [4.69, 9.17) is 16.3 Å². The first-order valence-corrected chi connectivity index (χ1v) is 10.0. The standard InChI is InChI=1S/C22H20ClN5O3/c1-13-10-17(18(31-2)11-16(13)23)25-20(29)9-8-19-26-21-15(22(30)27-19)12-24-28(21)14-6-4-3-5-7-14/h3-7,10-12H,8-9H2,1-2H3,(H,25,29)(H,26,27,30). The molecule has 2 N–H and O–H groups in total. The van der Waals surface area contributed by atoms with Crippen LogP contribution in [0.25, 0.3) is 16.7 Å². The average Bonchev–Trinajstić information content (AvgIpc) is 3.20. The van der Waals surface area contributed by atoms with E-state index >= 15 is 0 Å². The Labute approximate surface area is 182 Å². The van der Waals surface area contributed by atoms with E-state index < -0.39 is 0 Å². The van der Waals surface area contributed by atoms with Gasteiger partial charge in [0.05, 0.1) is 24.7 Å². The number of para-hydroxylation sites is 1. The fourth-order valence-electron chi connectivity index (χ4n) is 3.21. The van der Waals surface area contributed by atoms with Gasteiger partial charge in [-0.1, -0.05) is 29.8 Å². The topological polar surface area (TPSA) is 102 Å². The minimum Gasteiger partial charge on any atom is -0.495 e. The number of hydrogen-bond acceptors (Lipinski definition) is 5. The first-order valence-electron chi connectivity index (χ1n) is 9.62. The van der Waals surface area contributed by atoms with Gasteiger partial charge in [-0.3, -0.25) is 9.59 Å². The largest absolute Gasteiger partial charge is 0.495 e. The molecule has 0 saturated heterocycles. The number of ether oxygens (including phenoxy) is 1. The Kier molecular flexibility index (Phi) is 5.73. The number of rotatable bonds is 6. The average molecular weight is 438 g/mol. The summed E-state index contributed by atoms with van der Waals surface area (Å²) in [5.74, 6) is 0.646. The summed E-state index contributed by atoms with van der Waals surface area (Å²) in [6.45, 7) is 1.84. The molecule has 1 amide bonds. The highest BCUT2D eigenvalue weighted by atomic mass is 35.5. The molecule has 2 aromatic heterocycles. The van der Waals surface area contributed by atoms with Crippen molar-refractivity contribution in [3.05, 3.63) is 75.4 Å². The lowest BCUT2D eigenvalue weighted by atomic mass is 10.2. The Bertz CT molecular complexity index is 1310. The SMILES string of the molecule is COc1cc(Cl)c(C)cc1NC(=O)CCc1nc2c(cnn2-c2ccccc2)c(=O)[nH]1. The summed E-state index contributed by atoms with van der Waals surface area (Å²) in [5.41, 5.74) is 2.30. The molecule has 0 atom stereocenters. The van der Waals surface area contributed by atoms with E-state index in [1.165, 1.54) is 13.3 Å². The summed E-state index contributed by atoms with van der Waals surface area (Å²) in [6.07, 6.45) is 1.87. The van der Waals surface area contributed by atoms with E-state index in [1.807, 2.05) is 37.3 Å². The number of aromatic nitrogens is 4. The first kappa shape index (κ1) is 20.6. The lowest BCUT2D eigenvalue weighted by molar-refractivity contribution is -0.116. The van der Waals surface area contributed by atoms with Crippen molar-refractivity contribution in [1.82, 2.24) is 19.7 Å². The third-order valence-electron chi connectivity index (χ3n) is 4.83. The summed E-state index contributed by atoms with van der Waals surface area (Å²) in [4.78, 5) is 32.2. The number of hydrogen-bond donors (Lipinski definition) is 2. The smallest absolute Gasteiger partial charge is 0.262 e. The van der Waals surface area contributed by atoms with Gasteiger partial charge < -0.3 is 15.0 Å². The molecule has 0 aliphatic heterocycles. The van der Waals surface area contributed by atoms with Crippen LogP contribution < -0.4 is 15.6 Å².